The molecule has 5 aromatic rings. The van der Waals surface area contributed by atoms with Crippen LogP contribution in [0, 0.1) is 0 Å². The number of carbonyl (C=O) groups excluding carboxylic acids is 8. The van der Waals surface area contributed by atoms with Gasteiger partial charge in [-0.3, -0.25) is 28.8 Å². The number of nitrogens with zero attached hydrogens (tertiary/aromatic N) is 3. The minimum Gasteiger partial charge on any atom is -0.870 e. The number of Topliss-reactive ketones (excluding diaryl/α,β-unsaturated/α-hetero) is 1. The fraction of sp³-hybridized carbons (Fsp3) is 0.519. The van der Waals surface area contributed by atoms with Crippen molar-refractivity contribution in [3.63, 3.8) is 0 Å². The summed E-state index contributed by atoms with van der Waals surface area (Å²) in [6.07, 6.45) is -12.7. The summed E-state index contributed by atoms with van der Waals surface area (Å²) in [5.74, 6) is -8.06. The van der Waals surface area contributed by atoms with E-state index in [0.717, 1.165) is 36.1 Å². The van der Waals surface area contributed by atoms with E-state index in [9.17, 15) is 84.3 Å². The summed E-state index contributed by atoms with van der Waals surface area (Å²) >= 11 is 2.85. The first-order valence-electron chi connectivity index (χ1n) is 37.7. The van der Waals surface area contributed by atoms with Crippen LogP contribution in [0.3, 0.4) is 0 Å². The van der Waals surface area contributed by atoms with E-state index in [1.54, 1.807) is 66.9 Å². The van der Waals surface area contributed by atoms with Gasteiger partial charge >= 0.3 is 59.1 Å². The zero-order chi connectivity index (χ0) is 83.8. The first-order chi connectivity index (χ1) is 55.9. The van der Waals surface area contributed by atoms with Crippen LogP contribution in [-0.4, -0.2) is 301 Å². The van der Waals surface area contributed by atoms with Gasteiger partial charge in [0.1, 0.15) is 54.2 Å². The molecular formula is C79H103N8Na2O28S2-. The Morgan fingerprint density at radius 3 is 1.43 bits per heavy atom. The number of amides is 5. The third-order valence-electron chi connectivity index (χ3n) is 18.1. The van der Waals surface area contributed by atoms with Gasteiger partial charge in [0.15, 0.2) is 5.78 Å². The Bertz CT molecular complexity index is 3970. The molecule has 12 atom stereocenters. The van der Waals surface area contributed by atoms with Crippen molar-refractivity contribution < 1.29 is 196 Å². The number of aliphatic hydroxyl groups excluding tert-OH is 6. The molecule has 14 N–H and O–H groups in total. The standard InChI is InChI=1S/C79H103N8O27S2.2Na.H2O/c1-50(89)85-68-63(94)45-78(49-88,113-72(68)70(98)65(96)47-82-74(100)56-11-7-52(8-12-56)54-15-20-59(91)21-16-54)111-27-4-42-116-43-26-81-76(102)58-19-24-61(67(44-58)110-39-38-109-37-36-108-35-34-107-33-32-106-31-30-105-29-25-84-87-80)62(93)6-3-40-115-41-5-28-112-79(77(103)104)46-64(95)69(86-51(2)90)73(114-79)71(99)66(97)48-83-75(101)57-13-9-53(10-14-57)55-17-22-60(92)23-18-55;;;/h7-24,44,63-66,68-73,91-92,94-99H,3-6,25-43,45-48H2,1-2H3,(H,81,102)(H,82,100)(H,83,101)(H,85,89)(H,86,90)(H,103,104);;;1H2/q-1;2*+1;/p-2/t63-,64-,65+,66+,68+,69+,70+,71+,72+,73+,78+,79+;;;/m0.../s1. The van der Waals surface area contributed by atoms with Crippen molar-refractivity contribution in [2.75, 3.05) is 135 Å². The number of ketones is 1. The second kappa shape index (κ2) is 55.9. The Morgan fingerprint density at radius 1 is 0.555 bits per heavy atom. The van der Waals surface area contributed by atoms with Gasteiger partial charge in [-0.1, -0.05) is 53.6 Å². The van der Waals surface area contributed by atoms with E-state index in [4.69, 9.17) is 52.9 Å². The molecule has 119 heavy (non-hydrogen) atoms. The van der Waals surface area contributed by atoms with Crippen molar-refractivity contribution in [1.82, 2.24) is 26.6 Å². The first-order valence-corrected chi connectivity index (χ1v) is 40.0. The smallest absolute Gasteiger partial charge is 0.870 e. The maximum Gasteiger partial charge on any atom is 1.00 e. The number of carbonyl (C=O) groups is 7. The number of aliphatic carboxylic acids is 1. The zero-order valence-electron chi connectivity index (χ0n) is 66.8. The maximum absolute atomic E-state index is 13.9. The first kappa shape index (κ1) is 104. The van der Waals surface area contributed by atoms with Crippen LogP contribution in [0.5, 0.6) is 17.2 Å². The molecule has 36 nitrogen and oxygen atoms in total. The van der Waals surface area contributed by atoms with E-state index in [-0.39, 0.29) is 175 Å². The van der Waals surface area contributed by atoms with Gasteiger partial charge in [-0.2, -0.15) is 23.5 Å². The third kappa shape index (κ3) is 35.1. The molecule has 5 aromatic carbocycles. The maximum atomic E-state index is 13.9. The number of aliphatic hydroxyl groups is 6. The summed E-state index contributed by atoms with van der Waals surface area (Å²) in [5.41, 5.74) is 12.2. The molecule has 2 aliphatic heterocycles. The molecule has 0 radical (unpaired) electrons. The predicted octanol–water partition coefficient (Wildman–Crippen LogP) is -4.13. The largest absolute Gasteiger partial charge is 1.00 e. The van der Waals surface area contributed by atoms with Gasteiger partial charge in [0.2, 0.25) is 17.6 Å². The minimum absolute atomic E-state index is 0. The molecule has 0 unspecified atom stereocenters. The van der Waals surface area contributed by atoms with E-state index in [0.29, 0.717) is 82.1 Å². The van der Waals surface area contributed by atoms with Crippen molar-refractivity contribution in [2.45, 2.75) is 125 Å². The number of azide groups is 1. The summed E-state index contributed by atoms with van der Waals surface area (Å²) in [6, 6.07) is 27.5. The average Bonchev–Trinajstić information content (AvgIpc) is 0.774. The second-order valence-electron chi connectivity index (χ2n) is 26.8. The van der Waals surface area contributed by atoms with Crippen LogP contribution in [0.25, 0.3) is 32.7 Å². The number of phenols is 2. The number of nitrogens with one attached hydrogen (secondary N) is 5. The molecule has 2 saturated heterocycles. The Morgan fingerprint density at radius 2 is 0.966 bits per heavy atom. The molecule has 0 spiro atoms. The van der Waals surface area contributed by atoms with Gasteiger partial charge in [-0.05, 0) is 131 Å². The average molecular weight is 1720 g/mol. The van der Waals surface area contributed by atoms with Gasteiger partial charge in [-0.25, -0.2) is 6.29 Å². The fourth-order valence-electron chi connectivity index (χ4n) is 12.2. The molecule has 2 fully saturated rings. The number of carboxylic acids is 1. The number of hydrogen-bond acceptors (Lipinski definition) is 31. The van der Waals surface area contributed by atoms with Crippen molar-refractivity contribution in [3.05, 3.63) is 148 Å². The Balaban J connectivity index is 0.00000992. The topological polar surface area (TPSA) is 553 Å². The monoisotopic (exact) mass is 1720 g/mol. The number of aromatic hydroxyl groups is 2. The Hall–Kier alpha value is -6.97. The van der Waals surface area contributed by atoms with E-state index >= 15 is 0 Å². The van der Waals surface area contributed by atoms with Crippen LogP contribution in [0.2, 0.25) is 0 Å². The molecule has 2 heterocycles. The molecule has 0 aliphatic carbocycles. The molecule has 0 aromatic heterocycles. The Kier molecular flexibility index (Phi) is 49.1. The minimum atomic E-state index is -2.65. The van der Waals surface area contributed by atoms with Gasteiger partial charge in [0.25, 0.3) is 17.7 Å². The number of thioether (sulfide) groups is 2. The number of hydrogen-bond donors (Lipinski definition) is 13. The molecule has 0 saturated carbocycles. The quantitative estimate of drug-likeness (QED) is 0.00334. The van der Waals surface area contributed by atoms with Gasteiger partial charge in [0, 0.05) is 93.3 Å². The molecular weight excluding hydrogens is 1620 g/mol. The Labute approximate surface area is 741 Å². The molecule has 7 rings (SSSR count). The van der Waals surface area contributed by atoms with E-state index in [1.165, 1.54) is 78.1 Å². The SMILES string of the molecule is CC(=O)N[C@H]1[C@H]([C@H](O)[C@H](O)CNC(=O)c2ccc(-c3ccc(O)cc3)cc2)O[C@]([C-]=O)(OCCCSCCNC(=O)c2ccc(C(=O)CCCSCCCO[C@]3(C(=O)[O-])C[C@H](O)[C@@H](NC(C)=O)[C@H]([C@H](O)[C@H](O)CNC(=O)c4ccc(-c5ccc(O)cc5)cc4)O3)c(OCCOCCOCCOCCOCCOCCN=[N+]=[N-])c2)C[C@@H]1O.[Na+].[Na+].[OH-]. The summed E-state index contributed by atoms with van der Waals surface area (Å²) in [7, 11) is 0. The third-order valence-corrected chi connectivity index (χ3v) is 20.4. The number of carboxylic acid groups (broad SMARTS) is 1. The summed E-state index contributed by atoms with van der Waals surface area (Å²) in [4.78, 5) is 106. The number of phenolic OH excluding ortho intramolecular Hbond substituents is 2. The number of rotatable bonds is 54. The molecule has 0 bridgehead atoms. The van der Waals surface area contributed by atoms with Crippen LogP contribution in [0.4, 0.5) is 0 Å². The van der Waals surface area contributed by atoms with Gasteiger partial charge in [0.05, 0.1) is 121 Å². The number of benzene rings is 5. The molecule has 642 valence electrons. The second-order valence-corrected chi connectivity index (χ2v) is 29.3. The van der Waals surface area contributed by atoms with Gasteiger partial charge < -0.3 is 135 Å². The molecule has 2 aliphatic rings. The van der Waals surface area contributed by atoms with Crippen molar-refractivity contribution in [3.8, 4) is 39.5 Å². The normalized spacial score (nSPS) is 19.7. The summed E-state index contributed by atoms with van der Waals surface area (Å²) < 4.78 is 57.0. The summed E-state index contributed by atoms with van der Waals surface area (Å²) in [6.45, 7) is 4.10. The van der Waals surface area contributed by atoms with E-state index in [2.05, 4.69) is 36.6 Å². The molecule has 5 amide bonds. The van der Waals surface area contributed by atoms with Crippen LogP contribution in [0.1, 0.15) is 93.8 Å². The van der Waals surface area contributed by atoms with Crippen molar-refractivity contribution in [1.29, 1.82) is 0 Å². The van der Waals surface area contributed by atoms with Crippen LogP contribution in [-0.2, 0) is 61.8 Å². The van der Waals surface area contributed by atoms with Crippen molar-refractivity contribution >= 4 is 71.1 Å². The van der Waals surface area contributed by atoms with Gasteiger partial charge in [-0.15, -0.1) is 0 Å². The number of ether oxygens (including phenoxy) is 10. The van der Waals surface area contributed by atoms with E-state index in [1.807, 2.05) is 0 Å². The zero-order valence-corrected chi connectivity index (χ0v) is 72.4. The van der Waals surface area contributed by atoms with Crippen LogP contribution < -0.4 is 95.5 Å². The predicted molar refractivity (Wildman–Crippen MR) is 422 cm³/mol. The molecule has 40 heteroatoms. The van der Waals surface area contributed by atoms with Crippen molar-refractivity contribution in [2.24, 2.45) is 5.11 Å². The summed E-state index contributed by atoms with van der Waals surface area (Å²) in [5, 5.41) is 116. The van der Waals surface area contributed by atoms with Crippen LogP contribution in [0.15, 0.2) is 120 Å². The fourth-order valence-corrected chi connectivity index (χ4v) is 13.8. The van der Waals surface area contributed by atoms with E-state index < -0.39 is 134 Å². The van der Waals surface area contributed by atoms with Crippen LogP contribution >= 0.6 is 23.5 Å².